The van der Waals surface area contributed by atoms with Gasteiger partial charge in [-0.3, -0.25) is 14.3 Å². The Labute approximate surface area is 118 Å². The van der Waals surface area contributed by atoms with Gasteiger partial charge in [0.2, 0.25) is 0 Å². The van der Waals surface area contributed by atoms with E-state index in [0.29, 0.717) is 30.9 Å². The predicted octanol–water partition coefficient (Wildman–Crippen LogP) is 1.53. The summed E-state index contributed by atoms with van der Waals surface area (Å²) in [6.07, 6.45) is 1.84. The summed E-state index contributed by atoms with van der Waals surface area (Å²) in [4.78, 5) is 23.0. The van der Waals surface area contributed by atoms with Gasteiger partial charge < -0.3 is 10.4 Å². The summed E-state index contributed by atoms with van der Waals surface area (Å²) in [7, 11) is 1.82. The van der Waals surface area contributed by atoms with Gasteiger partial charge in [-0.05, 0) is 31.2 Å². The number of rotatable bonds is 4. The highest BCUT2D eigenvalue weighted by molar-refractivity contribution is 5.92. The predicted molar refractivity (Wildman–Crippen MR) is 73.5 cm³/mol. The van der Waals surface area contributed by atoms with E-state index in [4.69, 9.17) is 5.11 Å². The van der Waals surface area contributed by atoms with E-state index in [1.54, 1.807) is 10.7 Å². The lowest BCUT2D eigenvalue weighted by molar-refractivity contribution is -0.141. The van der Waals surface area contributed by atoms with Crippen LogP contribution in [0.25, 0.3) is 0 Å². The average molecular weight is 279 g/mol. The van der Waals surface area contributed by atoms with Crippen molar-refractivity contribution in [3.63, 3.8) is 0 Å². The Kier molecular flexibility index (Phi) is 4.11. The number of nitrogens with one attached hydrogen (secondary N) is 1. The monoisotopic (exact) mass is 279 g/mol. The molecule has 6 heteroatoms. The van der Waals surface area contributed by atoms with Gasteiger partial charge in [-0.1, -0.05) is 13.8 Å². The molecular weight excluding hydrogens is 258 g/mol. The number of carbonyl (C=O) groups excluding carboxylic acids is 1. The molecule has 6 nitrogen and oxygen atoms in total. The fourth-order valence-electron chi connectivity index (χ4n) is 2.73. The zero-order chi connectivity index (χ0) is 14.9. The van der Waals surface area contributed by atoms with Gasteiger partial charge in [0, 0.05) is 18.8 Å². The number of hydrogen-bond acceptors (Lipinski definition) is 3. The third-order valence-electron chi connectivity index (χ3n) is 3.86. The minimum Gasteiger partial charge on any atom is -0.481 e. The Morgan fingerprint density at radius 3 is 2.65 bits per heavy atom. The Balaban J connectivity index is 1.99. The Hall–Kier alpha value is -1.85. The fourth-order valence-corrected chi connectivity index (χ4v) is 2.73. The Morgan fingerprint density at radius 2 is 2.15 bits per heavy atom. The molecule has 0 saturated heterocycles. The second kappa shape index (κ2) is 5.64. The number of carbonyl (C=O) groups is 2. The highest BCUT2D eigenvalue weighted by Gasteiger charge is 2.31. The lowest BCUT2D eigenvalue weighted by atomic mass is 10.1. The lowest BCUT2D eigenvalue weighted by Gasteiger charge is -2.10. The standard InChI is InChI=1S/C14H21N3O3/c1-8(2)12-7-11(16-17(12)3)13(18)15-10-5-4-9(6-10)14(19)20/h7-10H,4-6H2,1-3H3,(H,15,18)(H,19,20)/t9-,10+/m0/s1. The van der Waals surface area contributed by atoms with Gasteiger partial charge >= 0.3 is 5.97 Å². The van der Waals surface area contributed by atoms with Crippen molar-refractivity contribution in [1.29, 1.82) is 0 Å². The first-order valence-corrected chi connectivity index (χ1v) is 6.96. The molecule has 1 amide bonds. The van der Waals surface area contributed by atoms with E-state index in [2.05, 4.69) is 10.4 Å². The molecule has 20 heavy (non-hydrogen) atoms. The third kappa shape index (κ3) is 3.00. The van der Waals surface area contributed by atoms with Crippen LogP contribution < -0.4 is 5.32 Å². The molecular formula is C14H21N3O3. The second-order valence-corrected chi connectivity index (χ2v) is 5.75. The van der Waals surface area contributed by atoms with Crippen LogP contribution in [0, 0.1) is 5.92 Å². The number of aryl methyl sites for hydroxylation is 1. The molecule has 0 bridgehead atoms. The van der Waals surface area contributed by atoms with Crippen molar-refractivity contribution in [2.45, 2.75) is 45.1 Å². The molecule has 0 radical (unpaired) electrons. The van der Waals surface area contributed by atoms with Crippen LogP contribution in [0.5, 0.6) is 0 Å². The summed E-state index contributed by atoms with van der Waals surface area (Å²) in [6.45, 7) is 4.10. The zero-order valence-electron chi connectivity index (χ0n) is 12.1. The molecule has 1 aromatic heterocycles. The van der Waals surface area contributed by atoms with E-state index < -0.39 is 5.97 Å². The van der Waals surface area contributed by atoms with Gasteiger partial charge in [-0.15, -0.1) is 0 Å². The van der Waals surface area contributed by atoms with E-state index in [0.717, 1.165) is 5.69 Å². The number of amides is 1. The zero-order valence-corrected chi connectivity index (χ0v) is 12.1. The molecule has 0 aromatic carbocycles. The number of carboxylic acids is 1. The molecule has 0 unspecified atom stereocenters. The summed E-state index contributed by atoms with van der Waals surface area (Å²) < 4.78 is 1.72. The van der Waals surface area contributed by atoms with Gasteiger partial charge in [0.25, 0.3) is 5.91 Å². The minimum atomic E-state index is -0.776. The summed E-state index contributed by atoms with van der Waals surface area (Å²) in [5.41, 5.74) is 1.40. The molecule has 1 fully saturated rings. The molecule has 0 aliphatic heterocycles. The normalized spacial score (nSPS) is 22.2. The van der Waals surface area contributed by atoms with Crippen LogP contribution in [0.2, 0.25) is 0 Å². The maximum Gasteiger partial charge on any atom is 0.306 e. The van der Waals surface area contributed by atoms with Crippen molar-refractivity contribution < 1.29 is 14.7 Å². The van der Waals surface area contributed by atoms with E-state index in [1.165, 1.54) is 0 Å². The van der Waals surface area contributed by atoms with Gasteiger partial charge in [0.1, 0.15) is 5.69 Å². The van der Waals surface area contributed by atoms with Crippen molar-refractivity contribution in [1.82, 2.24) is 15.1 Å². The number of carboxylic acid groups (broad SMARTS) is 1. The smallest absolute Gasteiger partial charge is 0.306 e. The van der Waals surface area contributed by atoms with E-state index >= 15 is 0 Å². The van der Waals surface area contributed by atoms with Gasteiger partial charge in [0.05, 0.1) is 5.92 Å². The van der Waals surface area contributed by atoms with E-state index in [9.17, 15) is 9.59 Å². The second-order valence-electron chi connectivity index (χ2n) is 5.75. The maximum absolute atomic E-state index is 12.1. The van der Waals surface area contributed by atoms with E-state index in [1.807, 2.05) is 20.9 Å². The minimum absolute atomic E-state index is 0.0619. The first kappa shape index (κ1) is 14.6. The molecule has 0 spiro atoms. The molecule has 1 aromatic rings. The highest BCUT2D eigenvalue weighted by atomic mass is 16.4. The van der Waals surface area contributed by atoms with Crippen LogP contribution in [-0.4, -0.2) is 32.8 Å². The topological polar surface area (TPSA) is 84.2 Å². The maximum atomic E-state index is 12.1. The SMILES string of the molecule is CC(C)c1cc(C(=O)N[C@@H]2CC[C@H](C(=O)O)C2)nn1C. The Morgan fingerprint density at radius 1 is 1.45 bits per heavy atom. The molecule has 1 heterocycles. The van der Waals surface area contributed by atoms with Crippen LogP contribution >= 0.6 is 0 Å². The summed E-state index contributed by atoms with van der Waals surface area (Å²) in [6, 6.07) is 1.73. The molecule has 1 aliphatic carbocycles. The van der Waals surface area contributed by atoms with Crippen LogP contribution in [0.3, 0.4) is 0 Å². The summed E-state index contributed by atoms with van der Waals surface area (Å²) >= 11 is 0. The quantitative estimate of drug-likeness (QED) is 0.875. The lowest BCUT2D eigenvalue weighted by Crippen LogP contribution is -2.33. The van der Waals surface area contributed by atoms with Crippen LogP contribution in [-0.2, 0) is 11.8 Å². The fraction of sp³-hybridized carbons (Fsp3) is 0.643. The molecule has 1 saturated carbocycles. The summed E-state index contributed by atoms with van der Waals surface area (Å²) in [5.74, 6) is -1.03. The van der Waals surface area contributed by atoms with Crippen molar-refractivity contribution >= 4 is 11.9 Å². The molecule has 110 valence electrons. The summed E-state index contributed by atoms with van der Waals surface area (Å²) in [5, 5.41) is 16.1. The van der Waals surface area contributed by atoms with Crippen LogP contribution in [0.1, 0.15) is 55.2 Å². The van der Waals surface area contributed by atoms with Gasteiger partial charge in [-0.25, -0.2) is 0 Å². The highest BCUT2D eigenvalue weighted by Crippen LogP contribution is 2.26. The van der Waals surface area contributed by atoms with Gasteiger partial charge in [-0.2, -0.15) is 5.10 Å². The number of hydrogen-bond donors (Lipinski definition) is 2. The number of aromatic nitrogens is 2. The third-order valence-corrected chi connectivity index (χ3v) is 3.86. The van der Waals surface area contributed by atoms with Crippen molar-refractivity contribution in [3.8, 4) is 0 Å². The van der Waals surface area contributed by atoms with Crippen LogP contribution in [0.15, 0.2) is 6.07 Å². The first-order valence-electron chi connectivity index (χ1n) is 6.96. The van der Waals surface area contributed by atoms with Gasteiger partial charge in [0.15, 0.2) is 0 Å². The number of nitrogens with zero attached hydrogens (tertiary/aromatic N) is 2. The molecule has 2 rings (SSSR count). The first-order chi connectivity index (χ1) is 9.38. The number of aliphatic carboxylic acids is 1. The van der Waals surface area contributed by atoms with Crippen molar-refractivity contribution in [3.05, 3.63) is 17.5 Å². The molecule has 2 N–H and O–H groups in total. The van der Waals surface area contributed by atoms with E-state index in [-0.39, 0.29) is 17.9 Å². The van der Waals surface area contributed by atoms with Crippen molar-refractivity contribution in [2.24, 2.45) is 13.0 Å². The van der Waals surface area contributed by atoms with Crippen LogP contribution in [0.4, 0.5) is 0 Å². The van der Waals surface area contributed by atoms with Crippen molar-refractivity contribution in [2.75, 3.05) is 0 Å². The average Bonchev–Trinajstić information content (AvgIpc) is 2.95. The Bertz CT molecular complexity index is 522. The molecule has 1 aliphatic rings. The molecule has 2 atom stereocenters. The largest absolute Gasteiger partial charge is 0.481 e.